The number of benzene rings is 3. The number of rotatable bonds is 5. The number of esters is 1. The fraction of sp³-hybridized carbons (Fsp3) is 0.0435. The highest BCUT2D eigenvalue weighted by molar-refractivity contribution is 9.10. The Hall–Kier alpha value is -3.36. The predicted molar refractivity (Wildman–Crippen MR) is 112 cm³/mol. The zero-order chi connectivity index (χ0) is 19.9. The smallest absolute Gasteiger partial charge is 0.343 e. The van der Waals surface area contributed by atoms with Crippen LogP contribution in [0.1, 0.15) is 21.5 Å². The van der Waals surface area contributed by atoms with E-state index in [0.717, 1.165) is 15.6 Å². The molecule has 5 heteroatoms. The number of ether oxygens (including phenoxy) is 2. The Kier molecular flexibility index (Phi) is 6.25. The fourth-order valence-corrected chi connectivity index (χ4v) is 2.83. The van der Waals surface area contributed by atoms with Gasteiger partial charge < -0.3 is 9.47 Å². The van der Waals surface area contributed by atoms with Crippen molar-refractivity contribution in [2.75, 3.05) is 7.11 Å². The minimum Gasteiger partial charge on any atom is -0.493 e. The van der Waals surface area contributed by atoms with Gasteiger partial charge in [-0.05, 0) is 53.6 Å². The summed E-state index contributed by atoms with van der Waals surface area (Å²) in [5.74, 6) is 0.242. The molecule has 0 bridgehead atoms. The largest absolute Gasteiger partial charge is 0.493 e. The van der Waals surface area contributed by atoms with Crippen LogP contribution < -0.4 is 9.47 Å². The van der Waals surface area contributed by atoms with E-state index in [1.807, 2.05) is 30.3 Å². The van der Waals surface area contributed by atoms with Gasteiger partial charge >= 0.3 is 5.97 Å². The summed E-state index contributed by atoms with van der Waals surface area (Å²) >= 11 is 3.33. The molecule has 0 saturated carbocycles. The van der Waals surface area contributed by atoms with Crippen LogP contribution in [0, 0.1) is 11.3 Å². The first-order chi connectivity index (χ1) is 13.6. The van der Waals surface area contributed by atoms with Crippen molar-refractivity contribution in [3.05, 3.63) is 94.0 Å². The number of hydrogen-bond acceptors (Lipinski definition) is 4. The van der Waals surface area contributed by atoms with Gasteiger partial charge in [0.25, 0.3) is 0 Å². The zero-order valence-electron chi connectivity index (χ0n) is 15.1. The third-order valence-electron chi connectivity index (χ3n) is 3.99. The number of hydrogen-bond donors (Lipinski definition) is 0. The second-order valence-electron chi connectivity index (χ2n) is 5.84. The van der Waals surface area contributed by atoms with E-state index >= 15 is 0 Å². The molecular formula is C23H16BrNO3. The SMILES string of the molecule is COc1cc(/C=C(\C#N)c2ccccc2)ccc1OC(=O)c1ccc(Br)cc1. The monoisotopic (exact) mass is 433 g/mol. The summed E-state index contributed by atoms with van der Waals surface area (Å²) in [5.41, 5.74) is 2.56. The maximum Gasteiger partial charge on any atom is 0.343 e. The number of allylic oxidation sites excluding steroid dienone is 1. The van der Waals surface area contributed by atoms with E-state index < -0.39 is 5.97 Å². The van der Waals surface area contributed by atoms with Crippen LogP contribution in [-0.2, 0) is 0 Å². The van der Waals surface area contributed by atoms with Gasteiger partial charge in [0.2, 0.25) is 0 Å². The summed E-state index contributed by atoms with van der Waals surface area (Å²) in [7, 11) is 1.50. The van der Waals surface area contributed by atoms with Gasteiger partial charge in [-0.3, -0.25) is 0 Å². The van der Waals surface area contributed by atoms with Crippen molar-refractivity contribution in [2.24, 2.45) is 0 Å². The third-order valence-corrected chi connectivity index (χ3v) is 4.52. The van der Waals surface area contributed by atoms with E-state index in [-0.39, 0.29) is 0 Å². The van der Waals surface area contributed by atoms with E-state index in [0.29, 0.717) is 22.6 Å². The van der Waals surface area contributed by atoms with Crippen LogP contribution in [0.3, 0.4) is 0 Å². The lowest BCUT2D eigenvalue weighted by Crippen LogP contribution is -2.09. The van der Waals surface area contributed by atoms with Crippen molar-refractivity contribution >= 4 is 33.5 Å². The summed E-state index contributed by atoms with van der Waals surface area (Å²) in [6.45, 7) is 0. The van der Waals surface area contributed by atoms with Gasteiger partial charge in [0, 0.05) is 4.47 Å². The van der Waals surface area contributed by atoms with Gasteiger partial charge in [-0.15, -0.1) is 0 Å². The average Bonchev–Trinajstić information content (AvgIpc) is 2.74. The standard InChI is InChI=1S/C23H16BrNO3/c1-27-22-14-16(13-19(15-25)17-5-3-2-4-6-17)7-12-21(22)28-23(26)18-8-10-20(24)11-9-18/h2-14H,1H3/b19-13+. The molecule has 0 saturated heterocycles. The van der Waals surface area contributed by atoms with E-state index in [1.165, 1.54) is 7.11 Å². The third kappa shape index (κ3) is 4.67. The minimum atomic E-state index is -0.476. The van der Waals surface area contributed by atoms with Gasteiger partial charge in [-0.2, -0.15) is 5.26 Å². The molecule has 0 aliphatic carbocycles. The summed E-state index contributed by atoms with van der Waals surface area (Å²) in [5, 5.41) is 9.46. The van der Waals surface area contributed by atoms with E-state index in [1.54, 1.807) is 48.5 Å². The summed E-state index contributed by atoms with van der Waals surface area (Å²) in [6.07, 6.45) is 1.76. The highest BCUT2D eigenvalue weighted by Crippen LogP contribution is 2.30. The average molecular weight is 434 g/mol. The fourth-order valence-electron chi connectivity index (χ4n) is 2.57. The van der Waals surface area contributed by atoms with E-state index in [9.17, 15) is 10.1 Å². The number of carbonyl (C=O) groups excluding carboxylic acids is 1. The molecule has 0 unspecified atom stereocenters. The molecule has 3 aromatic rings. The van der Waals surface area contributed by atoms with Crippen molar-refractivity contribution < 1.29 is 14.3 Å². The van der Waals surface area contributed by atoms with Gasteiger partial charge in [0.15, 0.2) is 11.5 Å². The molecule has 4 nitrogen and oxygen atoms in total. The summed E-state index contributed by atoms with van der Waals surface area (Å²) in [4.78, 5) is 12.3. The zero-order valence-corrected chi connectivity index (χ0v) is 16.6. The Morgan fingerprint density at radius 3 is 2.32 bits per heavy atom. The van der Waals surface area contributed by atoms with Gasteiger partial charge in [-0.1, -0.05) is 52.3 Å². The Balaban J connectivity index is 1.86. The van der Waals surface area contributed by atoms with Gasteiger partial charge in [0.1, 0.15) is 0 Å². The lowest BCUT2D eigenvalue weighted by atomic mass is 10.0. The number of nitrogens with zero attached hydrogens (tertiary/aromatic N) is 1. The predicted octanol–water partition coefficient (Wildman–Crippen LogP) is 5.74. The molecule has 138 valence electrons. The number of carbonyl (C=O) groups is 1. The Bertz CT molecular complexity index is 1050. The molecule has 28 heavy (non-hydrogen) atoms. The molecule has 0 aromatic heterocycles. The van der Waals surface area contributed by atoms with Gasteiger partial charge in [0.05, 0.1) is 24.3 Å². The molecule has 3 aromatic carbocycles. The minimum absolute atomic E-state index is 0.311. The van der Waals surface area contributed by atoms with Crippen LogP contribution in [0.25, 0.3) is 11.6 Å². The quantitative estimate of drug-likeness (QED) is 0.222. The summed E-state index contributed by atoms with van der Waals surface area (Å²) < 4.78 is 11.7. The second-order valence-corrected chi connectivity index (χ2v) is 6.76. The van der Waals surface area contributed by atoms with Crippen LogP contribution in [0.15, 0.2) is 77.3 Å². The molecule has 3 rings (SSSR count). The van der Waals surface area contributed by atoms with Crippen LogP contribution >= 0.6 is 15.9 Å². The molecule has 0 amide bonds. The second kappa shape index (κ2) is 9.03. The molecule has 0 N–H and O–H groups in total. The first-order valence-electron chi connectivity index (χ1n) is 8.43. The maximum absolute atomic E-state index is 12.3. The highest BCUT2D eigenvalue weighted by Gasteiger charge is 2.13. The van der Waals surface area contributed by atoms with Crippen molar-refractivity contribution in [1.82, 2.24) is 0 Å². The Labute approximate surface area is 171 Å². The number of nitriles is 1. The van der Waals surface area contributed by atoms with Crippen molar-refractivity contribution in [3.8, 4) is 17.6 Å². The summed E-state index contributed by atoms with van der Waals surface area (Å²) in [6, 6.07) is 23.7. The molecule has 0 aliphatic rings. The van der Waals surface area contributed by atoms with Crippen LogP contribution in [-0.4, -0.2) is 13.1 Å². The van der Waals surface area contributed by atoms with Crippen LogP contribution in [0.2, 0.25) is 0 Å². The van der Waals surface area contributed by atoms with Crippen LogP contribution in [0.4, 0.5) is 0 Å². The Morgan fingerprint density at radius 1 is 0.964 bits per heavy atom. The first-order valence-corrected chi connectivity index (χ1v) is 9.23. The van der Waals surface area contributed by atoms with Crippen molar-refractivity contribution in [3.63, 3.8) is 0 Å². The molecule has 0 heterocycles. The molecule has 0 fully saturated rings. The highest BCUT2D eigenvalue weighted by atomic mass is 79.9. The molecule has 0 spiro atoms. The normalized spacial score (nSPS) is 10.8. The molecule has 0 atom stereocenters. The maximum atomic E-state index is 12.3. The van der Waals surface area contributed by atoms with E-state index in [2.05, 4.69) is 22.0 Å². The lowest BCUT2D eigenvalue weighted by Gasteiger charge is -2.10. The Morgan fingerprint density at radius 2 is 1.68 bits per heavy atom. The number of halogens is 1. The van der Waals surface area contributed by atoms with Crippen molar-refractivity contribution in [2.45, 2.75) is 0 Å². The molecular weight excluding hydrogens is 418 g/mol. The topological polar surface area (TPSA) is 59.3 Å². The van der Waals surface area contributed by atoms with Crippen molar-refractivity contribution in [1.29, 1.82) is 5.26 Å². The van der Waals surface area contributed by atoms with E-state index in [4.69, 9.17) is 9.47 Å². The van der Waals surface area contributed by atoms with Crippen LogP contribution in [0.5, 0.6) is 11.5 Å². The van der Waals surface area contributed by atoms with Gasteiger partial charge in [-0.25, -0.2) is 4.79 Å². The molecule has 0 aliphatic heterocycles. The first kappa shape index (κ1) is 19.4. The number of methoxy groups -OCH3 is 1. The molecule has 0 radical (unpaired) electrons. The lowest BCUT2D eigenvalue weighted by molar-refractivity contribution is 0.0729.